The number of rotatable bonds is 6. The van der Waals surface area contributed by atoms with Crippen molar-refractivity contribution in [2.24, 2.45) is 0 Å². The van der Waals surface area contributed by atoms with E-state index in [1.807, 2.05) is 4.68 Å². The second-order valence-electron chi connectivity index (χ2n) is 5.94. The molecule has 0 spiro atoms. The molecule has 1 aromatic heterocycles. The van der Waals surface area contributed by atoms with E-state index in [-0.39, 0.29) is 11.4 Å². The van der Waals surface area contributed by atoms with E-state index >= 15 is 0 Å². The summed E-state index contributed by atoms with van der Waals surface area (Å²) in [6, 6.07) is 3.46. The molecule has 128 valence electrons. The second kappa shape index (κ2) is 7.39. The third-order valence-electron chi connectivity index (χ3n) is 4.16. The molecule has 1 aliphatic heterocycles. The molecule has 0 radical (unpaired) electrons. The van der Waals surface area contributed by atoms with Gasteiger partial charge in [-0.3, -0.25) is 14.8 Å². The van der Waals surface area contributed by atoms with Crippen LogP contribution in [0.2, 0.25) is 0 Å². The molecule has 2 heterocycles. The summed E-state index contributed by atoms with van der Waals surface area (Å²) in [5.74, 6) is -0.635. The minimum absolute atomic E-state index is 0.247. The molecule has 7 nitrogen and oxygen atoms in total. The molecule has 3 rings (SSSR count). The van der Waals surface area contributed by atoms with Gasteiger partial charge in [0.2, 0.25) is 0 Å². The second-order valence-corrected chi connectivity index (χ2v) is 5.94. The largest absolute Gasteiger partial charge is 0.347 e. The smallest absolute Gasteiger partial charge is 0.295 e. The van der Waals surface area contributed by atoms with Gasteiger partial charge in [0.1, 0.15) is 11.5 Å². The lowest BCUT2D eigenvalue weighted by atomic mass is 10.1. The average Bonchev–Trinajstić information content (AvgIpc) is 3.03. The Labute approximate surface area is 139 Å². The molecule has 0 unspecified atom stereocenters. The maximum Gasteiger partial charge on any atom is 0.295 e. The fourth-order valence-corrected chi connectivity index (χ4v) is 2.89. The zero-order chi connectivity index (χ0) is 16.9. The summed E-state index contributed by atoms with van der Waals surface area (Å²) in [5.41, 5.74) is 0.594. The Kier molecular flexibility index (Phi) is 5.05. The zero-order valence-corrected chi connectivity index (χ0v) is 13.3. The first-order valence-electron chi connectivity index (χ1n) is 8.07. The van der Waals surface area contributed by atoms with Gasteiger partial charge in [0.15, 0.2) is 0 Å². The van der Waals surface area contributed by atoms with Gasteiger partial charge in [0, 0.05) is 12.7 Å². The zero-order valence-electron chi connectivity index (χ0n) is 13.3. The molecule has 1 aliphatic rings. The molecule has 0 aliphatic carbocycles. The van der Waals surface area contributed by atoms with Crippen LogP contribution in [0.5, 0.6) is 0 Å². The van der Waals surface area contributed by atoms with Crippen molar-refractivity contribution in [1.29, 1.82) is 0 Å². The average molecular weight is 333 g/mol. The first kappa shape index (κ1) is 16.4. The minimum atomic E-state index is -0.635. The summed E-state index contributed by atoms with van der Waals surface area (Å²) in [6.07, 6.45) is 7.23. The van der Waals surface area contributed by atoms with Crippen molar-refractivity contribution in [3.8, 4) is 0 Å². The topological polar surface area (TPSA) is 76.2 Å². The number of nitrogens with zero attached hydrogens (tertiary/aromatic N) is 4. The number of hydrogen-bond acceptors (Lipinski definition) is 5. The fraction of sp³-hybridized carbons (Fsp3) is 0.438. The van der Waals surface area contributed by atoms with Gasteiger partial charge in [-0.05, 0) is 38.1 Å². The number of piperidine rings is 1. The predicted octanol–water partition coefficient (Wildman–Crippen LogP) is 3.16. The Bertz CT molecular complexity index is 712. The lowest BCUT2D eigenvalue weighted by Gasteiger charge is -2.26. The number of nitrogens with one attached hydrogen (secondary N) is 1. The number of halogens is 1. The van der Waals surface area contributed by atoms with Crippen molar-refractivity contribution in [2.45, 2.75) is 25.8 Å². The lowest BCUT2D eigenvalue weighted by molar-refractivity contribution is -0.384. The van der Waals surface area contributed by atoms with Crippen molar-refractivity contribution in [1.82, 2.24) is 14.7 Å². The van der Waals surface area contributed by atoms with Gasteiger partial charge >= 0.3 is 0 Å². The van der Waals surface area contributed by atoms with Crippen molar-refractivity contribution < 1.29 is 9.31 Å². The normalized spacial score (nSPS) is 15.4. The summed E-state index contributed by atoms with van der Waals surface area (Å²) in [5, 5.41) is 18.2. The molecule has 1 saturated heterocycles. The number of anilines is 2. The molecule has 1 fully saturated rings. The van der Waals surface area contributed by atoms with Crippen LogP contribution >= 0.6 is 0 Å². The number of likely N-dealkylation sites (tertiary alicyclic amines) is 1. The van der Waals surface area contributed by atoms with Crippen LogP contribution in [0.25, 0.3) is 0 Å². The number of nitro groups is 1. The van der Waals surface area contributed by atoms with Crippen LogP contribution in [0.1, 0.15) is 19.3 Å². The summed E-state index contributed by atoms with van der Waals surface area (Å²) < 4.78 is 15.0. The van der Waals surface area contributed by atoms with Crippen LogP contribution in [-0.2, 0) is 6.54 Å². The van der Waals surface area contributed by atoms with Gasteiger partial charge in [-0.1, -0.05) is 6.42 Å². The first-order chi connectivity index (χ1) is 11.6. The Morgan fingerprint density at radius 2 is 2.04 bits per heavy atom. The number of nitro benzene ring substituents is 1. The SMILES string of the molecule is O=[N+]([O-])c1cc(F)ccc1Nc1cnn(CCN2CCCCC2)c1. The lowest BCUT2D eigenvalue weighted by Crippen LogP contribution is -2.32. The molecule has 8 heteroatoms. The van der Waals surface area contributed by atoms with Crippen LogP contribution in [0.4, 0.5) is 21.5 Å². The van der Waals surface area contributed by atoms with Gasteiger partial charge in [0.25, 0.3) is 5.69 Å². The van der Waals surface area contributed by atoms with E-state index in [1.165, 1.54) is 31.4 Å². The standard InChI is InChI=1S/C16H20FN5O2/c17-13-4-5-15(16(10-13)22(23)24)19-14-11-18-21(12-14)9-8-20-6-2-1-3-7-20/h4-5,10-12,19H,1-3,6-9H2. The van der Waals surface area contributed by atoms with Gasteiger partial charge in [-0.25, -0.2) is 4.39 Å². The van der Waals surface area contributed by atoms with E-state index in [0.29, 0.717) is 5.69 Å². The highest BCUT2D eigenvalue weighted by Crippen LogP contribution is 2.28. The Balaban J connectivity index is 1.62. The van der Waals surface area contributed by atoms with E-state index in [2.05, 4.69) is 15.3 Å². The molecule has 0 amide bonds. The van der Waals surface area contributed by atoms with E-state index in [0.717, 1.165) is 32.2 Å². The molecule has 1 N–H and O–H groups in total. The highest BCUT2D eigenvalue weighted by atomic mass is 19.1. The molecular weight excluding hydrogens is 313 g/mol. The van der Waals surface area contributed by atoms with Gasteiger partial charge in [-0.15, -0.1) is 0 Å². The highest BCUT2D eigenvalue weighted by Gasteiger charge is 2.16. The highest BCUT2D eigenvalue weighted by molar-refractivity contribution is 5.68. The molecule has 2 aromatic rings. The molecule has 0 saturated carbocycles. The molecule has 0 bridgehead atoms. The van der Waals surface area contributed by atoms with Gasteiger partial charge in [-0.2, -0.15) is 5.10 Å². The van der Waals surface area contributed by atoms with Crippen LogP contribution < -0.4 is 5.32 Å². The fourth-order valence-electron chi connectivity index (χ4n) is 2.89. The minimum Gasteiger partial charge on any atom is -0.347 e. The van der Waals surface area contributed by atoms with Crippen molar-refractivity contribution in [3.05, 3.63) is 46.5 Å². The van der Waals surface area contributed by atoms with Crippen LogP contribution in [0.15, 0.2) is 30.6 Å². The Morgan fingerprint density at radius 1 is 1.25 bits per heavy atom. The van der Waals surface area contributed by atoms with Crippen LogP contribution in [0.3, 0.4) is 0 Å². The quantitative estimate of drug-likeness (QED) is 0.649. The number of hydrogen-bond donors (Lipinski definition) is 1. The monoisotopic (exact) mass is 333 g/mol. The molecule has 24 heavy (non-hydrogen) atoms. The summed E-state index contributed by atoms with van der Waals surface area (Å²) in [6.45, 7) is 3.98. The summed E-state index contributed by atoms with van der Waals surface area (Å²) >= 11 is 0. The number of benzene rings is 1. The van der Waals surface area contributed by atoms with Crippen molar-refractivity contribution in [3.63, 3.8) is 0 Å². The number of aromatic nitrogens is 2. The van der Waals surface area contributed by atoms with Crippen molar-refractivity contribution >= 4 is 17.1 Å². The van der Waals surface area contributed by atoms with Crippen molar-refractivity contribution in [2.75, 3.05) is 25.0 Å². The molecule has 0 atom stereocenters. The Morgan fingerprint density at radius 3 is 2.79 bits per heavy atom. The first-order valence-corrected chi connectivity index (χ1v) is 8.07. The third-order valence-corrected chi connectivity index (χ3v) is 4.16. The van der Waals surface area contributed by atoms with Gasteiger partial charge in [0.05, 0.1) is 29.4 Å². The van der Waals surface area contributed by atoms with E-state index in [9.17, 15) is 14.5 Å². The van der Waals surface area contributed by atoms with E-state index < -0.39 is 10.7 Å². The van der Waals surface area contributed by atoms with Crippen LogP contribution in [-0.4, -0.2) is 39.2 Å². The maximum atomic E-state index is 13.2. The van der Waals surface area contributed by atoms with Gasteiger partial charge < -0.3 is 10.2 Å². The Hall–Kier alpha value is -2.48. The van der Waals surface area contributed by atoms with Crippen LogP contribution in [0, 0.1) is 15.9 Å². The third kappa shape index (κ3) is 4.08. The molecule has 1 aromatic carbocycles. The molecular formula is C16H20FN5O2. The summed E-state index contributed by atoms with van der Waals surface area (Å²) in [4.78, 5) is 12.8. The maximum absolute atomic E-state index is 13.2. The summed E-state index contributed by atoms with van der Waals surface area (Å²) in [7, 11) is 0. The van der Waals surface area contributed by atoms with E-state index in [1.54, 1.807) is 12.4 Å². The predicted molar refractivity (Wildman–Crippen MR) is 88.9 cm³/mol. The van der Waals surface area contributed by atoms with E-state index in [4.69, 9.17) is 0 Å².